The molecule has 2 amide bonds. The molecule has 236 valence electrons. The van der Waals surface area contributed by atoms with Crippen LogP contribution in [0.2, 0.25) is 5.02 Å². The summed E-state index contributed by atoms with van der Waals surface area (Å²) in [6.45, 7) is 6.53. The molecule has 11 nitrogen and oxygen atoms in total. The number of carbonyl (C=O) groups is 2. The molecule has 1 N–H and O–H groups in total. The molecule has 0 aliphatic heterocycles. The Labute approximate surface area is 270 Å². The van der Waals surface area contributed by atoms with E-state index in [9.17, 15) is 28.1 Å². The number of benzene rings is 3. The molecule has 0 unspecified atom stereocenters. The summed E-state index contributed by atoms with van der Waals surface area (Å²) in [5, 5.41) is 14.6. The van der Waals surface area contributed by atoms with Gasteiger partial charge in [-0.15, -0.1) is 0 Å². The van der Waals surface area contributed by atoms with Crippen molar-refractivity contribution in [2.75, 3.05) is 24.5 Å². The minimum atomic E-state index is -4.62. The Hall–Kier alpha value is -3.68. The number of amides is 2. The number of methoxy groups -OCH3 is 1. The van der Waals surface area contributed by atoms with Crippen LogP contribution < -0.4 is 14.4 Å². The highest BCUT2D eigenvalue weighted by atomic mass is 79.9. The van der Waals surface area contributed by atoms with E-state index in [0.717, 1.165) is 14.8 Å². The predicted octanol–water partition coefficient (Wildman–Crippen LogP) is 5.71. The molecule has 0 saturated carbocycles. The summed E-state index contributed by atoms with van der Waals surface area (Å²) in [6, 6.07) is 13.9. The maximum Gasteiger partial charge on any atom is 0.273 e. The van der Waals surface area contributed by atoms with Gasteiger partial charge >= 0.3 is 0 Å². The van der Waals surface area contributed by atoms with E-state index < -0.39 is 49.9 Å². The number of carbonyl (C=O) groups excluding carboxylic acids is 2. The summed E-state index contributed by atoms with van der Waals surface area (Å²) in [4.78, 5) is 39.1. The van der Waals surface area contributed by atoms with Gasteiger partial charge in [0.05, 0.1) is 22.6 Å². The first-order valence-electron chi connectivity index (χ1n) is 13.6. The molecule has 0 fully saturated rings. The van der Waals surface area contributed by atoms with Gasteiger partial charge in [0.2, 0.25) is 11.8 Å². The van der Waals surface area contributed by atoms with Gasteiger partial charge in [-0.25, -0.2) is 8.42 Å². The highest BCUT2D eigenvalue weighted by molar-refractivity contribution is 9.10. The first-order valence-corrected chi connectivity index (χ1v) is 16.2. The topological polar surface area (TPSA) is 139 Å². The third-order valence-electron chi connectivity index (χ3n) is 6.75. The highest BCUT2D eigenvalue weighted by Gasteiger charge is 2.35. The van der Waals surface area contributed by atoms with Crippen LogP contribution in [-0.4, -0.2) is 56.3 Å². The number of aryl methyl sites for hydroxylation is 1. The van der Waals surface area contributed by atoms with E-state index in [1.165, 1.54) is 49.3 Å². The van der Waals surface area contributed by atoms with E-state index in [1.54, 1.807) is 25.1 Å². The maximum atomic E-state index is 14.2. The lowest BCUT2D eigenvalue weighted by molar-refractivity contribution is -0.385. The standard InChI is InChI=1S/C30H34BrClN4O7S/c1-19(2)16-33-30(38)21(4)34(17-22-7-6-8-23(31)13-22)29(37)18-35(27-14-24(32)10-12-28(27)43-5)44(41,42)25-11-9-20(3)26(15-25)36(39)40/h6-15,19,21H,16-18H2,1-5H3,(H,33,38)/t21-/m1/s1. The zero-order valence-electron chi connectivity index (χ0n) is 24.9. The van der Waals surface area contributed by atoms with Crippen molar-refractivity contribution in [3.8, 4) is 5.75 Å². The van der Waals surface area contributed by atoms with E-state index in [0.29, 0.717) is 12.1 Å². The number of halogens is 2. The third kappa shape index (κ3) is 8.48. The molecule has 0 aromatic heterocycles. The SMILES string of the molecule is COc1ccc(Cl)cc1N(CC(=O)N(Cc1cccc(Br)c1)[C@H](C)C(=O)NCC(C)C)S(=O)(=O)c1ccc(C)c([N+](=O)[O-])c1. The smallest absolute Gasteiger partial charge is 0.273 e. The second-order valence-corrected chi connectivity index (χ2v) is 13.7. The maximum absolute atomic E-state index is 14.2. The molecule has 0 aliphatic carbocycles. The van der Waals surface area contributed by atoms with Gasteiger partial charge in [-0.05, 0) is 61.7 Å². The molecule has 3 rings (SSSR count). The Balaban J connectivity index is 2.15. The lowest BCUT2D eigenvalue weighted by Gasteiger charge is -2.32. The van der Waals surface area contributed by atoms with Gasteiger partial charge in [0.25, 0.3) is 15.7 Å². The summed E-state index contributed by atoms with van der Waals surface area (Å²) >= 11 is 9.67. The molecule has 14 heteroatoms. The van der Waals surface area contributed by atoms with Crippen LogP contribution in [0.1, 0.15) is 31.9 Å². The molecule has 3 aromatic rings. The summed E-state index contributed by atoms with van der Waals surface area (Å²) < 4.78 is 35.3. The Morgan fingerprint density at radius 1 is 1.09 bits per heavy atom. The normalized spacial score (nSPS) is 12.0. The van der Waals surface area contributed by atoms with Gasteiger partial charge in [0.15, 0.2) is 0 Å². The van der Waals surface area contributed by atoms with Crippen LogP contribution in [0.25, 0.3) is 0 Å². The van der Waals surface area contributed by atoms with Gasteiger partial charge in [0.1, 0.15) is 18.3 Å². The average Bonchev–Trinajstić information content (AvgIpc) is 2.96. The van der Waals surface area contributed by atoms with E-state index in [2.05, 4.69) is 21.2 Å². The molecule has 0 bridgehead atoms. The van der Waals surface area contributed by atoms with Crippen LogP contribution in [0.5, 0.6) is 5.75 Å². The van der Waals surface area contributed by atoms with Crippen molar-refractivity contribution in [1.82, 2.24) is 10.2 Å². The van der Waals surface area contributed by atoms with Crippen LogP contribution in [-0.2, 0) is 26.2 Å². The number of nitrogens with one attached hydrogen (secondary N) is 1. The van der Waals surface area contributed by atoms with E-state index >= 15 is 0 Å². The lowest BCUT2D eigenvalue weighted by Crippen LogP contribution is -2.51. The summed E-state index contributed by atoms with van der Waals surface area (Å²) in [7, 11) is -3.29. The fourth-order valence-electron chi connectivity index (χ4n) is 4.31. The zero-order valence-corrected chi connectivity index (χ0v) is 28.1. The van der Waals surface area contributed by atoms with Crippen molar-refractivity contribution in [3.05, 3.63) is 91.4 Å². The number of ether oxygens (including phenoxy) is 1. The van der Waals surface area contributed by atoms with E-state index in [-0.39, 0.29) is 34.5 Å². The number of sulfonamides is 1. The van der Waals surface area contributed by atoms with Crippen LogP contribution >= 0.6 is 27.5 Å². The van der Waals surface area contributed by atoms with E-state index in [4.69, 9.17) is 16.3 Å². The Morgan fingerprint density at radius 2 is 1.80 bits per heavy atom. The first kappa shape index (κ1) is 34.8. The van der Waals surface area contributed by atoms with Gasteiger partial charge < -0.3 is 15.0 Å². The van der Waals surface area contributed by atoms with Crippen LogP contribution in [0.4, 0.5) is 11.4 Å². The van der Waals surface area contributed by atoms with Gasteiger partial charge in [-0.3, -0.25) is 24.0 Å². The molecular weight excluding hydrogens is 676 g/mol. The highest BCUT2D eigenvalue weighted by Crippen LogP contribution is 2.36. The average molecular weight is 710 g/mol. The van der Waals surface area contributed by atoms with E-state index in [1.807, 2.05) is 19.9 Å². The van der Waals surface area contributed by atoms with Crippen LogP contribution in [0.15, 0.2) is 70.0 Å². The molecule has 0 aliphatic rings. The first-order chi connectivity index (χ1) is 20.6. The van der Waals surface area contributed by atoms with Crippen molar-refractivity contribution >= 4 is 60.7 Å². The molecule has 3 aromatic carbocycles. The van der Waals surface area contributed by atoms with Crippen molar-refractivity contribution in [3.63, 3.8) is 0 Å². The Kier molecular flexibility index (Phi) is 11.8. The number of hydrogen-bond donors (Lipinski definition) is 1. The molecule has 0 radical (unpaired) electrons. The van der Waals surface area contributed by atoms with Crippen LogP contribution in [0, 0.1) is 23.0 Å². The number of hydrogen-bond acceptors (Lipinski definition) is 7. The molecule has 0 saturated heterocycles. The number of anilines is 1. The largest absolute Gasteiger partial charge is 0.495 e. The molecule has 0 spiro atoms. The van der Waals surface area contributed by atoms with Crippen LogP contribution in [0.3, 0.4) is 0 Å². The van der Waals surface area contributed by atoms with Gasteiger partial charge in [-0.2, -0.15) is 0 Å². The fourth-order valence-corrected chi connectivity index (χ4v) is 6.36. The second kappa shape index (κ2) is 14.9. The van der Waals surface area contributed by atoms with Gasteiger partial charge in [-0.1, -0.05) is 59.6 Å². The minimum absolute atomic E-state index is 0.00882. The van der Waals surface area contributed by atoms with Crippen molar-refractivity contribution in [2.45, 2.75) is 45.2 Å². The summed E-state index contributed by atoms with van der Waals surface area (Å²) in [6.07, 6.45) is 0. The molecule has 1 atom stereocenters. The lowest BCUT2D eigenvalue weighted by atomic mass is 10.1. The van der Waals surface area contributed by atoms with Crippen molar-refractivity contribution in [1.29, 1.82) is 0 Å². The summed E-state index contributed by atoms with van der Waals surface area (Å²) in [5.41, 5.74) is 0.497. The fraction of sp³-hybridized carbons (Fsp3) is 0.333. The number of nitrogens with zero attached hydrogens (tertiary/aromatic N) is 3. The summed E-state index contributed by atoms with van der Waals surface area (Å²) in [5.74, 6) is -0.862. The Bertz CT molecular complexity index is 1650. The second-order valence-electron chi connectivity index (χ2n) is 10.5. The Morgan fingerprint density at radius 3 is 2.41 bits per heavy atom. The van der Waals surface area contributed by atoms with Crippen molar-refractivity contribution in [2.24, 2.45) is 5.92 Å². The number of rotatable bonds is 13. The van der Waals surface area contributed by atoms with Crippen molar-refractivity contribution < 1.29 is 27.7 Å². The third-order valence-corrected chi connectivity index (χ3v) is 9.23. The predicted molar refractivity (Wildman–Crippen MR) is 172 cm³/mol. The number of nitro groups is 1. The minimum Gasteiger partial charge on any atom is -0.495 e. The molecule has 0 heterocycles. The van der Waals surface area contributed by atoms with Gasteiger partial charge in [0, 0.05) is 34.2 Å². The quantitative estimate of drug-likeness (QED) is 0.177. The molecular formula is C30H34BrClN4O7S. The zero-order chi connectivity index (χ0) is 32.8. The molecule has 44 heavy (non-hydrogen) atoms. The number of nitro benzene ring substituents is 1. The monoisotopic (exact) mass is 708 g/mol.